The van der Waals surface area contributed by atoms with Gasteiger partial charge in [0.25, 0.3) is 5.91 Å². The molecule has 0 radical (unpaired) electrons. The number of fused-ring (bicyclic) bond motifs is 1. The summed E-state index contributed by atoms with van der Waals surface area (Å²) in [6.45, 7) is -0.295. The van der Waals surface area contributed by atoms with Crippen LogP contribution in [-0.4, -0.2) is 17.5 Å². The summed E-state index contributed by atoms with van der Waals surface area (Å²) in [6, 6.07) is 9.87. The molecule has 1 heterocycles. The summed E-state index contributed by atoms with van der Waals surface area (Å²) >= 11 is 0. The van der Waals surface area contributed by atoms with Crippen LogP contribution in [0, 0.1) is 0 Å². The van der Waals surface area contributed by atoms with Gasteiger partial charge in [0.1, 0.15) is 0 Å². The lowest BCUT2D eigenvalue weighted by molar-refractivity contribution is -0.138. The van der Waals surface area contributed by atoms with Crippen molar-refractivity contribution in [3.63, 3.8) is 0 Å². The van der Waals surface area contributed by atoms with Crippen LogP contribution in [0.2, 0.25) is 0 Å². The van der Waals surface area contributed by atoms with E-state index < -0.39 is 11.7 Å². The molecule has 1 N–H and O–H groups in total. The van der Waals surface area contributed by atoms with E-state index in [0.29, 0.717) is 6.20 Å². The third-order valence-corrected chi connectivity index (χ3v) is 4.12. The minimum Gasteiger partial charge on any atom is -0.468 e. The molecule has 7 heteroatoms. The minimum atomic E-state index is -4.45. The maximum Gasteiger partial charge on any atom is 0.417 e. The minimum absolute atomic E-state index is 0.0211. The summed E-state index contributed by atoms with van der Waals surface area (Å²) in [4.78, 5) is 15.7. The Kier molecular flexibility index (Phi) is 4.92. The van der Waals surface area contributed by atoms with Crippen molar-refractivity contribution >= 4 is 5.91 Å². The van der Waals surface area contributed by atoms with Gasteiger partial charge in [0, 0.05) is 12.3 Å². The van der Waals surface area contributed by atoms with Gasteiger partial charge in [0.15, 0.2) is 6.61 Å². The van der Waals surface area contributed by atoms with E-state index in [1.165, 1.54) is 5.56 Å². The number of rotatable bonds is 4. The molecule has 2 aromatic rings. The summed E-state index contributed by atoms with van der Waals surface area (Å²) < 4.78 is 42.6. The van der Waals surface area contributed by atoms with Gasteiger partial charge in [-0.25, -0.2) is 4.98 Å². The van der Waals surface area contributed by atoms with E-state index in [0.717, 1.165) is 37.0 Å². The van der Waals surface area contributed by atoms with Gasteiger partial charge in [0.2, 0.25) is 5.88 Å². The Bertz CT molecular complexity index is 745. The standard InChI is InChI=1S/C18H17F3N2O2/c19-18(20,21)13-8-9-17(22-10-13)25-11-16(24)23-15-7-3-5-12-4-1-2-6-14(12)15/h1-2,4,6,8-10,15H,3,5,7,11H2,(H,23,24)/t15-/m0/s1. The van der Waals surface area contributed by atoms with Crippen molar-refractivity contribution < 1.29 is 22.7 Å². The van der Waals surface area contributed by atoms with Crippen molar-refractivity contribution in [2.45, 2.75) is 31.5 Å². The predicted octanol–water partition coefficient (Wildman–Crippen LogP) is 3.67. The lowest BCUT2D eigenvalue weighted by Crippen LogP contribution is -2.34. The van der Waals surface area contributed by atoms with Crippen molar-refractivity contribution in [3.8, 4) is 5.88 Å². The van der Waals surface area contributed by atoms with Crippen LogP contribution in [0.5, 0.6) is 5.88 Å². The van der Waals surface area contributed by atoms with Crippen molar-refractivity contribution in [2.75, 3.05) is 6.61 Å². The zero-order chi connectivity index (χ0) is 17.9. The van der Waals surface area contributed by atoms with Crippen molar-refractivity contribution in [1.82, 2.24) is 10.3 Å². The Morgan fingerprint density at radius 1 is 1.24 bits per heavy atom. The van der Waals surface area contributed by atoms with Gasteiger partial charge in [-0.2, -0.15) is 13.2 Å². The molecule has 1 aromatic carbocycles. The number of pyridine rings is 1. The number of carbonyl (C=O) groups is 1. The molecule has 0 saturated heterocycles. The first-order valence-electron chi connectivity index (χ1n) is 7.97. The van der Waals surface area contributed by atoms with Gasteiger partial charge in [-0.3, -0.25) is 4.79 Å². The zero-order valence-corrected chi connectivity index (χ0v) is 13.3. The number of amides is 1. The monoisotopic (exact) mass is 350 g/mol. The quantitative estimate of drug-likeness (QED) is 0.915. The number of benzene rings is 1. The van der Waals surface area contributed by atoms with E-state index in [9.17, 15) is 18.0 Å². The Hall–Kier alpha value is -2.57. The maximum absolute atomic E-state index is 12.5. The first-order valence-corrected chi connectivity index (χ1v) is 7.97. The average Bonchev–Trinajstić information content (AvgIpc) is 2.60. The van der Waals surface area contributed by atoms with E-state index in [2.05, 4.69) is 16.4 Å². The van der Waals surface area contributed by atoms with Crippen molar-refractivity contribution in [2.24, 2.45) is 0 Å². The lowest BCUT2D eigenvalue weighted by Gasteiger charge is -2.26. The molecule has 1 aliphatic rings. The smallest absolute Gasteiger partial charge is 0.417 e. The Morgan fingerprint density at radius 2 is 2.04 bits per heavy atom. The molecule has 132 valence electrons. The summed E-state index contributed by atoms with van der Waals surface area (Å²) in [5.74, 6) is -0.351. The molecule has 1 amide bonds. The van der Waals surface area contributed by atoms with E-state index in [1.54, 1.807) is 0 Å². The molecule has 1 aromatic heterocycles. The highest BCUT2D eigenvalue weighted by atomic mass is 19.4. The lowest BCUT2D eigenvalue weighted by atomic mass is 9.88. The summed E-state index contributed by atoms with van der Waals surface area (Å²) in [5, 5.41) is 2.91. The maximum atomic E-state index is 12.5. The average molecular weight is 350 g/mol. The third-order valence-electron chi connectivity index (χ3n) is 4.12. The molecule has 25 heavy (non-hydrogen) atoms. The van der Waals surface area contributed by atoms with E-state index in [4.69, 9.17) is 4.74 Å². The Labute approximate surface area is 143 Å². The van der Waals surface area contributed by atoms with Crippen LogP contribution in [-0.2, 0) is 17.4 Å². The van der Waals surface area contributed by atoms with Gasteiger partial charge in [-0.15, -0.1) is 0 Å². The van der Waals surface area contributed by atoms with Crippen LogP contribution >= 0.6 is 0 Å². The molecule has 4 nitrogen and oxygen atoms in total. The van der Waals surface area contributed by atoms with E-state index in [-0.39, 0.29) is 24.4 Å². The van der Waals surface area contributed by atoms with Gasteiger partial charge in [0.05, 0.1) is 11.6 Å². The summed E-state index contributed by atoms with van der Waals surface area (Å²) in [5.41, 5.74) is 1.47. The normalized spacial score (nSPS) is 16.8. The summed E-state index contributed by atoms with van der Waals surface area (Å²) in [6.07, 6.45) is -0.930. The second-order valence-corrected chi connectivity index (χ2v) is 5.88. The number of aryl methyl sites for hydroxylation is 1. The van der Waals surface area contributed by atoms with Gasteiger partial charge in [-0.1, -0.05) is 24.3 Å². The number of nitrogens with one attached hydrogen (secondary N) is 1. The number of nitrogens with zero attached hydrogens (tertiary/aromatic N) is 1. The number of aromatic nitrogens is 1. The fourth-order valence-electron chi connectivity index (χ4n) is 2.91. The molecule has 1 aliphatic carbocycles. The number of carbonyl (C=O) groups excluding carboxylic acids is 1. The fraction of sp³-hybridized carbons (Fsp3) is 0.333. The number of alkyl halides is 3. The number of hydrogen-bond donors (Lipinski definition) is 1. The largest absolute Gasteiger partial charge is 0.468 e. The highest BCUT2D eigenvalue weighted by molar-refractivity contribution is 5.78. The van der Waals surface area contributed by atoms with Gasteiger partial charge < -0.3 is 10.1 Å². The molecule has 0 unspecified atom stereocenters. The van der Waals surface area contributed by atoms with E-state index in [1.807, 2.05) is 18.2 Å². The van der Waals surface area contributed by atoms with Crippen LogP contribution in [0.3, 0.4) is 0 Å². The molecule has 0 fully saturated rings. The topological polar surface area (TPSA) is 51.2 Å². The van der Waals surface area contributed by atoms with Crippen LogP contribution in [0.1, 0.15) is 35.6 Å². The van der Waals surface area contributed by atoms with E-state index >= 15 is 0 Å². The van der Waals surface area contributed by atoms with Gasteiger partial charge in [-0.05, 0) is 36.5 Å². The third kappa shape index (κ3) is 4.29. The van der Waals surface area contributed by atoms with Gasteiger partial charge >= 0.3 is 6.18 Å². The first kappa shape index (κ1) is 17.3. The fourth-order valence-corrected chi connectivity index (χ4v) is 2.91. The second-order valence-electron chi connectivity index (χ2n) is 5.88. The van der Waals surface area contributed by atoms with Crippen molar-refractivity contribution in [1.29, 1.82) is 0 Å². The molecular weight excluding hydrogens is 333 g/mol. The van der Waals surface area contributed by atoms with Crippen LogP contribution < -0.4 is 10.1 Å². The zero-order valence-electron chi connectivity index (χ0n) is 13.3. The van der Waals surface area contributed by atoms with Crippen molar-refractivity contribution in [3.05, 3.63) is 59.3 Å². The first-order chi connectivity index (χ1) is 11.9. The molecule has 0 spiro atoms. The molecule has 0 bridgehead atoms. The SMILES string of the molecule is O=C(COc1ccc(C(F)(F)F)cn1)N[C@H]1CCCc2ccccc21. The Morgan fingerprint density at radius 3 is 2.76 bits per heavy atom. The Balaban J connectivity index is 1.55. The predicted molar refractivity (Wildman–Crippen MR) is 85.0 cm³/mol. The highest BCUT2D eigenvalue weighted by Crippen LogP contribution is 2.30. The number of hydrogen-bond acceptors (Lipinski definition) is 3. The molecule has 1 atom stereocenters. The molecular formula is C18H17F3N2O2. The second kappa shape index (κ2) is 7.13. The molecule has 0 aliphatic heterocycles. The van der Waals surface area contributed by atoms with Crippen LogP contribution in [0.15, 0.2) is 42.6 Å². The number of halogens is 3. The summed E-state index contributed by atoms with van der Waals surface area (Å²) in [7, 11) is 0. The highest BCUT2D eigenvalue weighted by Gasteiger charge is 2.30. The van der Waals surface area contributed by atoms with Crippen LogP contribution in [0.25, 0.3) is 0 Å². The number of ether oxygens (including phenoxy) is 1. The molecule has 0 saturated carbocycles. The van der Waals surface area contributed by atoms with Crippen LogP contribution in [0.4, 0.5) is 13.2 Å². The molecule has 3 rings (SSSR count).